The maximum Gasteiger partial charge on any atom is 0.127 e. The third kappa shape index (κ3) is 3.67. The molecule has 1 heterocycles. The van der Waals surface area contributed by atoms with Crippen molar-refractivity contribution in [2.75, 3.05) is 32.7 Å². The first-order valence-corrected chi connectivity index (χ1v) is 9.87. The highest BCUT2D eigenvalue weighted by atomic mass is 28.3. The Labute approximate surface area is 109 Å². The Bertz CT molecular complexity index is 220. The molecule has 1 saturated heterocycles. The van der Waals surface area contributed by atoms with Crippen LogP contribution in [0.5, 0.6) is 0 Å². The van der Waals surface area contributed by atoms with E-state index < -0.39 is 8.24 Å². The second kappa shape index (κ2) is 7.34. The summed E-state index contributed by atoms with van der Waals surface area (Å²) in [5.74, 6) is 0. The molecule has 1 aliphatic rings. The molecule has 2 nitrogen and oxygen atoms in total. The maximum absolute atomic E-state index is 2.87. The van der Waals surface area contributed by atoms with Gasteiger partial charge in [-0.3, -0.25) is 4.90 Å². The Hall–Kier alpha value is -0.123. The smallest absolute Gasteiger partial charge is 0.127 e. The molecule has 0 atom stereocenters. The third-order valence-electron chi connectivity index (χ3n) is 4.62. The standard InChI is InChI=1S/C14H30N2Si/c1-5-9-10-15-11-13-16(14-12-15)17(6-2,7-3)8-4/h5,9H,6-8,10-14H2,1-4H3. The number of nitrogens with zero attached hydrogens (tertiary/aromatic N) is 2. The van der Waals surface area contributed by atoms with Gasteiger partial charge in [0.05, 0.1) is 0 Å². The lowest BCUT2D eigenvalue weighted by atomic mass is 10.3. The van der Waals surface area contributed by atoms with Gasteiger partial charge in [-0.1, -0.05) is 32.9 Å². The Balaban J connectivity index is 2.49. The zero-order valence-corrected chi connectivity index (χ0v) is 13.2. The average Bonchev–Trinajstić information content (AvgIpc) is 2.40. The molecule has 1 aliphatic heterocycles. The topological polar surface area (TPSA) is 6.48 Å². The van der Waals surface area contributed by atoms with Crippen molar-refractivity contribution in [2.45, 2.75) is 45.8 Å². The molecule has 0 N–H and O–H groups in total. The van der Waals surface area contributed by atoms with Crippen LogP contribution in [0.25, 0.3) is 0 Å². The first kappa shape index (κ1) is 14.9. The van der Waals surface area contributed by atoms with Gasteiger partial charge in [-0.25, -0.2) is 0 Å². The third-order valence-corrected chi connectivity index (χ3v) is 10.4. The molecular weight excluding hydrogens is 224 g/mol. The van der Waals surface area contributed by atoms with Crippen LogP contribution in [0.1, 0.15) is 27.7 Å². The van der Waals surface area contributed by atoms with Gasteiger partial charge in [0.2, 0.25) is 0 Å². The normalized spacial score (nSPS) is 20.2. The highest BCUT2D eigenvalue weighted by molar-refractivity contribution is 6.77. The molecule has 0 saturated carbocycles. The Kier molecular flexibility index (Phi) is 6.45. The quantitative estimate of drug-likeness (QED) is 0.530. The molecule has 0 aromatic heterocycles. The summed E-state index contributed by atoms with van der Waals surface area (Å²) in [6.07, 6.45) is 4.44. The molecule has 0 aromatic rings. The Morgan fingerprint density at radius 2 is 1.47 bits per heavy atom. The number of piperazine rings is 1. The molecule has 100 valence electrons. The molecule has 17 heavy (non-hydrogen) atoms. The fourth-order valence-electron chi connectivity index (χ4n) is 3.08. The summed E-state index contributed by atoms with van der Waals surface area (Å²) in [5.41, 5.74) is 0. The van der Waals surface area contributed by atoms with Crippen molar-refractivity contribution >= 4 is 8.24 Å². The zero-order valence-electron chi connectivity index (χ0n) is 12.2. The van der Waals surface area contributed by atoms with Gasteiger partial charge in [-0.2, -0.15) is 0 Å². The minimum absolute atomic E-state index is 1.09. The van der Waals surface area contributed by atoms with E-state index in [1.807, 2.05) is 0 Å². The van der Waals surface area contributed by atoms with Crippen LogP contribution >= 0.6 is 0 Å². The summed E-state index contributed by atoms with van der Waals surface area (Å²) in [7, 11) is -1.09. The summed E-state index contributed by atoms with van der Waals surface area (Å²) in [4.78, 5) is 2.58. The van der Waals surface area contributed by atoms with Gasteiger partial charge in [0.25, 0.3) is 0 Å². The average molecular weight is 254 g/mol. The zero-order chi connectivity index (χ0) is 12.7. The number of rotatable bonds is 6. The fourth-order valence-corrected chi connectivity index (χ4v) is 7.07. The van der Waals surface area contributed by atoms with Gasteiger partial charge in [-0.05, 0) is 25.1 Å². The molecule has 0 unspecified atom stereocenters. The molecule has 0 aliphatic carbocycles. The van der Waals surface area contributed by atoms with Crippen LogP contribution < -0.4 is 0 Å². The van der Waals surface area contributed by atoms with Gasteiger partial charge in [-0.15, -0.1) is 0 Å². The molecule has 0 aromatic carbocycles. The lowest BCUT2D eigenvalue weighted by Gasteiger charge is -2.45. The number of hydrogen-bond donors (Lipinski definition) is 0. The van der Waals surface area contributed by atoms with E-state index in [1.54, 1.807) is 0 Å². The second-order valence-electron chi connectivity index (χ2n) is 5.14. The van der Waals surface area contributed by atoms with Gasteiger partial charge in [0, 0.05) is 32.7 Å². The van der Waals surface area contributed by atoms with Crippen LogP contribution in [0.15, 0.2) is 12.2 Å². The van der Waals surface area contributed by atoms with Crippen molar-refractivity contribution in [2.24, 2.45) is 0 Å². The molecular formula is C14H30N2Si. The summed E-state index contributed by atoms with van der Waals surface area (Å²) in [6, 6.07) is 4.28. The van der Waals surface area contributed by atoms with Crippen LogP contribution in [0.3, 0.4) is 0 Å². The minimum atomic E-state index is -1.09. The van der Waals surface area contributed by atoms with E-state index in [0.29, 0.717) is 0 Å². The first-order chi connectivity index (χ1) is 8.22. The van der Waals surface area contributed by atoms with Crippen molar-refractivity contribution in [1.29, 1.82) is 0 Å². The van der Waals surface area contributed by atoms with Crippen molar-refractivity contribution in [1.82, 2.24) is 9.47 Å². The first-order valence-electron chi connectivity index (χ1n) is 7.31. The lowest BCUT2D eigenvalue weighted by Crippen LogP contribution is -2.59. The Morgan fingerprint density at radius 3 is 1.88 bits per heavy atom. The van der Waals surface area contributed by atoms with Gasteiger partial charge < -0.3 is 4.57 Å². The molecule has 0 bridgehead atoms. The lowest BCUT2D eigenvalue weighted by molar-refractivity contribution is 0.197. The van der Waals surface area contributed by atoms with Crippen molar-refractivity contribution in [3.63, 3.8) is 0 Å². The van der Waals surface area contributed by atoms with Gasteiger partial charge in [0.1, 0.15) is 8.24 Å². The summed E-state index contributed by atoms with van der Waals surface area (Å²) in [6.45, 7) is 15.6. The van der Waals surface area contributed by atoms with E-state index in [2.05, 4.69) is 49.3 Å². The molecule has 0 spiro atoms. The van der Waals surface area contributed by atoms with E-state index in [0.717, 1.165) is 6.54 Å². The monoisotopic (exact) mass is 254 g/mol. The van der Waals surface area contributed by atoms with Gasteiger partial charge in [0.15, 0.2) is 0 Å². The van der Waals surface area contributed by atoms with Crippen molar-refractivity contribution in [3.05, 3.63) is 12.2 Å². The van der Waals surface area contributed by atoms with Crippen LogP contribution in [-0.4, -0.2) is 50.4 Å². The minimum Gasteiger partial charge on any atom is -0.321 e. The molecule has 0 amide bonds. The SMILES string of the molecule is CC=CCN1CCN([Si](CC)(CC)CC)CC1. The summed E-state index contributed by atoms with van der Waals surface area (Å²) >= 11 is 0. The fraction of sp³-hybridized carbons (Fsp3) is 0.857. The van der Waals surface area contributed by atoms with Gasteiger partial charge >= 0.3 is 0 Å². The van der Waals surface area contributed by atoms with Crippen molar-refractivity contribution < 1.29 is 0 Å². The highest BCUT2D eigenvalue weighted by Crippen LogP contribution is 2.25. The highest BCUT2D eigenvalue weighted by Gasteiger charge is 2.35. The molecule has 3 heteroatoms. The van der Waals surface area contributed by atoms with E-state index in [-0.39, 0.29) is 0 Å². The van der Waals surface area contributed by atoms with E-state index >= 15 is 0 Å². The summed E-state index contributed by atoms with van der Waals surface area (Å²) < 4.78 is 2.87. The Morgan fingerprint density at radius 1 is 0.941 bits per heavy atom. The van der Waals surface area contributed by atoms with E-state index in [9.17, 15) is 0 Å². The molecule has 0 radical (unpaired) electrons. The predicted octanol–water partition coefficient (Wildman–Crippen LogP) is 3.19. The van der Waals surface area contributed by atoms with E-state index in [4.69, 9.17) is 0 Å². The van der Waals surface area contributed by atoms with Crippen LogP contribution in [0, 0.1) is 0 Å². The number of allylic oxidation sites excluding steroid dienone is 1. The molecule has 1 fully saturated rings. The number of hydrogen-bond acceptors (Lipinski definition) is 2. The second-order valence-corrected chi connectivity index (χ2v) is 10.3. The van der Waals surface area contributed by atoms with E-state index in [1.165, 1.54) is 44.3 Å². The molecule has 1 rings (SSSR count). The maximum atomic E-state index is 2.87. The van der Waals surface area contributed by atoms with Crippen LogP contribution in [0.2, 0.25) is 18.1 Å². The van der Waals surface area contributed by atoms with Crippen LogP contribution in [-0.2, 0) is 0 Å². The van der Waals surface area contributed by atoms with Crippen molar-refractivity contribution in [3.8, 4) is 0 Å². The largest absolute Gasteiger partial charge is 0.321 e. The predicted molar refractivity (Wildman–Crippen MR) is 80.0 cm³/mol. The summed E-state index contributed by atoms with van der Waals surface area (Å²) in [5, 5.41) is 0. The van der Waals surface area contributed by atoms with Crippen LogP contribution in [0.4, 0.5) is 0 Å².